The molecule has 19 heavy (non-hydrogen) atoms. The quantitative estimate of drug-likeness (QED) is 0.848. The van der Waals surface area contributed by atoms with Crippen molar-refractivity contribution < 1.29 is 4.79 Å². The van der Waals surface area contributed by atoms with Gasteiger partial charge in [0.25, 0.3) is 5.91 Å². The molecule has 98 valence electrons. The topological polar surface area (TPSA) is 59.8 Å². The Hall–Kier alpha value is -2.43. The van der Waals surface area contributed by atoms with Crippen LogP contribution in [0.1, 0.15) is 22.0 Å². The molecule has 5 heteroatoms. The molecule has 0 aliphatic heterocycles. The number of hydrogen-bond donors (Lipinski definition) is 1. The van der Waals surface area contributed by atoms with E-state index < -0.39 is 0 Å². The predicted octanol–water partition coefficient (Wildman–Crippen LogP) is 1.80. The van der Waals surface area contributed by atoms with Crippen LogP contribution in [-0.4, -0.2) is 27.2 Å². The molecule has 0 spiro atoms. The number of amides is 1. The van der Waals surface area contributed by atoms with Crippen molar-refractivity contribution in [3.8, 4) is 5.69 Å². The van der Waals surface area contributed by atoms with Gasteiger partial charge in [0, 0.05) is 6.54 Å². The van der Waals surface area contributed by atoms with E-state index in [9.17, 15) is 4.79 Å². The van der Waals surface area contributed by atoms with Gasteiger partial charge in [-0.2, -0.15) is 0 Å². The summed E-state index contributed by atoms with van der Waals surface area (Å²) in [4.78, 5) is 16.0. The lowest BCUT2D eigenvalue weighted by molar-refractivity contribution is 0.0947. The largest absolute Gasteiger partial charge is 0.346 e. The summed E-state index contributed by atoms with van der Waals surface area (Å²) >= 11 is 0. The van der Waals surface area contributed by atoms with E-state index in [0.29, 0.717) is 12.4 Å². The maximum Gasteiger partial charge on any atom is 0.291 e. The maximum atomic E-state index is 11.8. The third kappa shape index (κ3) is 2.70. The van der Waals surface area contributed by atoms with Crippen molar-refractivity contribution >= 4 is 5.91 Å². The lowest BCUT2D eigenvalue weighted by atomic mass is 10.2. The Morgan fingerprint density at radius 2 is 2.16 bits per heavy atom. The third-order valence-corrected chi connectivity index (χ3v) is 2.72. The van der Waals surface area contributed by atoms with Crippen LogP contribution in [0.5, 0.6) is 0 Å². The van der Waals surface area contributed by atoms with E-state index in [2.05, 4.69) is 22.0 Å². The Morgan fingerprint density at radius 1 is 1.42 bits per heavy atom. The van der Waals surface area contributed by atoms with E-state index in [0.717, 1.165) is 11.3 Å². The first-order valence-corrected chi connectivity index (χ1v) is 6.02. The number of aromatic nitrogens is 3. The molecular formula is C14H16N4O. The monoisotopic (exact) mass is 256 g/mol. The molecule has 1 heterocycles. The second kappa shape index (κ2) is 5.48. The van der Waals surface area contributed by atoms with Crippen LogP contribution in [0.4, 0.5) is 0 Å². The summed E-state index contributed by atoms with van der Waals surface area (Å²) in [6.45, 7) is 7.76. The molecule has 0 aliphatic carbocycles. The summed E-state index contributed by atoms with van der Waals surface area (Å²) in [5.41, 5.74) is 2.00. The van der Waals surface area contributed by atoms with Gasteiger partial charge in [0.05, 0.1) is 5.69 Å². The summed E-state index contributed by atoms with van der Waals surface area (Å²) in [5, 5.41) is 6.91. The number of carbonyl (C=O) groups excluding carboxylic acids is 1. The zero-order chi connectivity index (χ0) is 13.8. The van der Waals surface area contributed by atoms with Crippen molar-refractivity contribution in [3.05, 3.63) is 54.1 Å². The van der Waals surface area contributed by atoms with Crippen LogP contribution in [0.2, 0.25) is 0 Å². The van der Waals surface area contributed by atoms with Gasteiger partial charge in [0.2, 0.25) is 5.82 Å². The molecule has 1 aromatic heterocycles. The lowest BCUT2D eigenvalue weighted by Crippen LogP contribution is -2.24. The molecule has 0 aliphatic rings. The second-order valence-corrected chi connectivity index (χ2v) is 4.18. The Balaban J connectivity index is 2.34. The zero-order valence-electron chi connectivity index (χ0n) is 11.1. The molecule has 0 fully saturated rings. The van der Waals surface area contributed by atoms with Gasteiger partial charge in [-0.1, -0.05) is 24.3 Å². The van der Waals surface area contributed by atoms with Crippen LogP contribution in [0.3, 0.4) is 0 Å². The highest BCUT2D eigenvalue weighted by Crippen LogP contribution is 2.14. The molecule has 2 aromatic rings. The summed E-state index contributed by atoms with van der Waals surface area (Å²) in [6.07, 6.45) is 1.61. The van der Waals surface area contributed by atoms with Gasteiger partial charge >= 0.3 is 0 Å². The molecule has 0 atom stereocenters. The van der Waals surface area contributed by atoms with Crippen LogP contribution < -0.4 is 5.32 Å². The minimum absolute atomic E-state index is 0.169. The summed E-state index contributed by atoms with van der Waals surface area (Å²) in [7, 11) is 0. The highest BCUT2D eigenvalue weighted by Gasteiger charge is 2.15. The highest BCUT2D eigenvalue weighted by atomic mass is 16.2. The molecule has 0 saturated heterocycles. The van der Waals surface area contributed by atoms with Crippen molar-refractivity contribution in [2.75, 3.05) is 6.54 Å². The number of rotatable bonds is 4. The van der Waals surface area contributed by atoms with Crippen molar-refractivity contribution in [1.29, 1.82) is 0 Å². The summed E-state index contributed by atoms with van der Waals surface area (Å²) in [6, 6.07) is 7.83. The van der Waals surface area contributed by atoms with Gasteiger partial charge in [0.15, 0.2) is 0 Å². The van der Waals surface area contributed by atoms with E-state index in [1.54, 1.807) is 10.8 Å². The second-order valence-electron chi connectivity index (χ2n) is 4.18. The average molecular weight is 256 g/mol. The SMILES string of the molecule is C=CCNC(=O)c1nc(C)n(-c2ccccc2C)n1. The molecule has 0 radical (unpaired) electrons. The molecule has 1 N–H and O–H groups in total. The Kier molecular flexibility index (Phi) is 3.75. The molecule has 0 saturated carbocycles. The third-order valence-electron chi connectivity index (χ3n) is 2.72. The number of nitrogens with one attached hydrogen (secondary N) is 1. The van der Waals surface area contributed by atoms with Gasteiger partial charge in [-0.25, -0.2) is 9.67 Å². The fourth-order valence-corrected chi connectivity index (χ4v) is 1.76. The fourth-order valence-electron chi connectivity index (χ4n) is 1.76. The van der Waals surface area contributed by atoms with E-state index >= 15 is 0 Å². The minimum atomic E-state index is -0.296. The van der Waals surface area contributed by atoms with Crippen molar-refractivity contribution in [2.24, 2.45) is 0 Å². The Labute approximate surface area is 112 Å². The molecule has 0 unspecified atom stereocenters. The number of carbonyl (C=O) groups is 1. The first-order valence-electron chi connectivity index (χ1n) is 6.02. The molecular weight excluding hydrogens is 240 g/mol. The first kappa shape index (κ1) is 13.0. The molecule has 1 amide bonds. The number of benzene rings is 1. The molecule has 2 rings (SSSR count). The number of nitrogens with zero attached hydrogens (tertiary/aromatic N) is 3. The van der Waals surface area contributed by atoms with Crippen LogP contribution in [0.15, 0.2) is 36.9 Å². The summed E-state index contributed by atoms with van der Waals surface area (Å²) < 4.78 is 1.68. The summed E-state index contributed by atoms with van der Waals surface area (Å²) in [5.74, 6) is 0.552. The van der Waals surface area contributed by atoms with Gasteiger partial charge < -0.3 is 5.32 Å². The van der Waals surface area contributed by atoms with Crippen LogP contribution >= 0.6 is 0 Å². The normalized spacial score (nSPS) is 10.2. The minimum Gasteiger partial charge on any atom is -0.346 e. The van der Waals surface area contributed by atoms with Crippen LogP contribution in [-0.2, 0) is 0 Å². The van der Waals surface area contributed by atoms with Crippen LogP contribution in [0, 0.1) is 13.8 Å². The van der Waals surface area contributed by atoms with E-state index in [4.69, 9.17) is 0 Å². The highest BCUT2D eigenvalue weighted by molar-refractivity contribution is 5.90. The maximum absolute atomic E-state index is 11.8. The number of hydrogen-bond acceptors (Lipinski definition) is 3. The number of aryl methyl sites for hydroxylation is 2. The Morgan fingerprint density at radius 3 is 2.84 bits per heavy atom. The van der Waals surface area contributed by atoms with Crippen molar-refractivity contribution in [1.82, 2.24) is 20.1 Å². The standard InChI is InChI=1S/C14H16N4O/c1-4-9-15-14(19)13-16-11(3)18(17-13)12-8-6-5-7-10(12)2/h4-8H,1,9H2,2-3H3,(H,15,19). The lowest BCUT2D eigenvalue weighted by Gasteiger charge is -2.05. The van der Waals surface area contributed by atoms with E-state index in [1.807, 2.05) is 38.1 Å². The molecule has 5 nitrogen and oxygen atoms in total. The Bertz CT molecular complexity index is 616. The first-order chi connectivity index (χ1) is 9.13. The zero-order valence-corrected chi connectivity index (χ0v) is 11.1. The molecule has 1 aromatic carbocycles. The van der Waals surface area contributed by atoms with E-state index in [-0.39, 0.29) is 11.7 Å². The number of para-hydroxylation sites is 1. The van der Waals surface area contributed by atoms with E-state index in [1.165, 1.54) is 0 Å². The van der Waals surface area contributed by atoms with Crippen LogP contribution in [0.25, 0.3) is 5.69 Å². The van der Waals surface area contributed by atoms with Crippen molar-refractivity contribution in [3.63, 3.8) is 0 Å². The molecule has 0 bridgehead atoms. The average Bonchev–Trinajstić information content (AvgIpc) is 2.78. The van der Waals surface area contributed by atoms with Crippen molar-refractivity contribution in [2.45, 2.75) is 13.8 Å². The van der Waals surface area contributed by atoms with Gasteiger partial charge in [-0.05, 0) is 25.5 Å². The predicted molar refractivity (Wildman–Crippen MR) is 73.4 cm³/mol. The fraction of sp³-hybridized carbons (Fsp3) is 0.214. The van der Waals surface area contributed by atoms with Gasteiger partial charge in [0.1, 0.15) is 5.82 Å². The van der Waals surface area contributed by atoms with Gasteiger partial charge in [-0.15, -0.1) is 11.7 Å². The smallest absolute Gasteiger partial charge is 0.291 e. The van der Waals surface area contributed by atoms with Gasteiger partial charge in [-0.3, -0.25) is 4.79 Å².